The summed E-state index contributed by atoms with van der Waals surface area (Å²) < 4.78 is 0.935. The van der Waals surface area contributed by atoms with Crippen LogP contribution in [0.15, 0.2) is 26.8 Å². The van der Waals surface area contributed by atoms with E-state index in [1.165, 1.54) is 5.56 Å². The van der Waals surface area contributed by atoms with Gasteiger partial charge in [0.1, 0.15) is 0 Å². The molecule has 1 aromatic carbocycles. The molecular formula is C12H13BrClI. The van der Waals surface area contributed by atoms with Crippen LogP contribution in [0.1, 0.15) is 31.9 Å². The van der Waals surface area contributed by atoms with Crippen molar-refractivity contribution in [3.63, 3.8) is 0 Å². The van der Waals surface area contributed by atoms with E-state index in [0.717, 1.165) is 13.1 Å². The predicted molar refractivity (Wildman–Crippen MR) is 80.9 cm³/mol. The van der Waals surface area contributed by atoms with Crippen molar-refractivity contribution in [2.75, 3.05) is 0 Å². The lowest BCUT2D eigenvalue weighted by Gasteiger charge is -2.19. The van der Waals surface area contributed by atoms with Crippen molar-refractivity contribution in [3.05, 3.63) is 37.9 Å². The highest BCUT2D eigenvalue weighted by atomic mass is 127. The van der Waals surface area contributed by atoms with E-state index in [1.54, 1.807) is 0 Å². The zero-order valence-electron chi connectivity index (χ0n) is 8.94. The van der Waals surface area contributed by atoms with Crippen LogP contribution < -0.4 is 0 Å². The highest BCUT2D eigenvalue weighted by Gasteiger charge is 2.13. The summed E-state index contributed by atoms with van der Waals surface area (Å²) in [7, 11) is 0. The molecule has 0 radical (unpaired) electrons. The average molecular weight is 399 g/mol. The Hall–Kier alpha value is 0.460. The van der Waals surface area contributed by atoms with Gasteiger partial charge in [-0.15, -0.1) is 0 Å². The van der Waals surface area contributed by atoms with Crippen molar-refractivity contribution in [2.45, 2.75) is 26.2 Å². The Bertz CT molecular complexity index is 370. The van der Waals surface area contributed by atoms with Crippen molar-refractivity contribution >= 4 is 55.2 Å². The predicted octanol–water partition coefficient (Wildman–Crippen LogP) is 5.68. The second-order valence-electron chi connectivity index (χ2n) is 4.40. The molecular weight excluding hydrogens is 386 g/mol. The molecule has 0 spiro atoms. The highest BCUT2D eigenvalue weighted by Crippen LogP contribution is 2.32. The zero-order chi connectivity index (χ0) is 11.6. The molecule has 0 bridgehead atoms. The van der Waals surface area contributed by atoms with Crippen LogP contribution in [-0.4, -0.2) is 0 Å². The molecule has 0 amide bonds. The lowest BCUT2D eigenvalue weighted by molar-refractivity contribution is 0.590. The summed E-state index contributed by atoms with van der Waals surface area (Å²) in [6.45, 7) is 6.61. The number of benzene rings is 1. The van der Waals surface area contributed by atoms with E-state index in [4.69, 9.17) is 11.6 Å². The van der Waals surface area contributed by atoms with E-state index in [2.05, 4.69) is 83.6 Å². The summed E-state index contributed by atoms with van der Waals surface area (Å²) in [5.41, 5.74) is 2.56. The topological polar surface area (TPSA) is 0 Å². The number of rotatable bonds is 1. The molecule has 0 aliphatic carbocycles. The number of halogens is 3. The minimum Gasteiger partial charge on any atom is -0.0819 e. The van der Waals surface area contributed by atoms with Crippen LogP contribution in [0, 0.1) is 0 Å². The molecule has 0 aromatic heterocycles. The largest absolute Gasteiger partial charge is 0.0819 e. The third kappa shape index (κ3) is 3.75. The van der Waals surface area contributed by atoms with Crippen LogP contribution in [0.5, 0.6) is 0 Å². The first-order valence-corrected chi connectivity index (χ1v) is 6.89. The molecule has 3 heteroatoms. The van der Waals surface area contributed by atoms with E-state index in [1.807, 2.05) is 0 Å². The maximum Gasteiger partial charge on any atom is 0.0751 e. The lowest BCUT2D eigenvalue weighted by Crippen LogP contribution is -2.10. The summed E-state index contributed by atoms with van der Waals surface area (Å²) in [6.07, 6.45) is 0. The Morgan fingerprint density at radius 3 is 2.00 bits per heavy atom. The molecule has 0 atom stereocenters. The molecule has 0 unspecified atom stereocenters. The van der Waals surface area contributed by atoms with E-state index in [9.17, 15) is 0 Å². The first kappa shape index (κ1) is 13.5. The van der Waals surface area contributed by atoms with Crippen LogP contribution >= 0.6 is 50.1 Å². The maximum atomic E-state index is 6.13. The third-order valence-corrected chi connectivity index (χ3v) is 4.06. The maximum absolute atomic E-state index is 6.13. The molecule has 0 heterocycles. The number of hydrogen-bond donors (Lipinski definition) is 0. The normalized spacial score (nSPS) is 13.7. The van der Waals surface area contributed by atoms with Gasteiger partial charge in [-0.25, -0.2) is 0 Å². The number of hydrogen-bond acceptors (Lipinski definition) is 0. The molecule has 0 N–H and O–H groups in total. The molecule has 0 fully saturated rings. The summed E-state index contributed by atoms with van der Waals surface area (Å²) in [6, 6.07) is 8.38. The van der Waals surface area contributed by atoms with Crippen molar-refractivity contribution in [1.29, 1.82) is 0 Å². The third-order valence-electron chi connectivity index (χ3n) is 2.17. The average Bonchev–Trinajstić information content (AvgIpc) is 2.15. The highest BCUT2D eigenvalue weighted by molar-refractivity contribution is 14.1. The Morgan fingerprint density at radius 1 is 1.20 bits per heavy atom. The standard InChI is InChI=1S/C12H13BrClI/c1-12(2,3)9-6-4-8(5-7-9)10(14)11(13)15/h4-7H,1-3H3/b11-10+. The Labute approximate surface area is 118 Å². The minimum absolute atomic E-state index is 0.191. The van der Waals surface area contributed by atoms with Crippen molar-refractivity contribution < 1.29 is 0 Å². The second kappa shape index (κ2) is 5.19. The summed E-state index contributed by atoms with van der Waals surface area (Å²) in [5.74, 6) is 0. The van der Waals surface area contributed by atoms with Gasteiger partial charge in [-0.3, -0.25) is 0 Å². The minimum atomic E-state index is 0.191. The van der Waals surface area contributed by atoms with Crippen LogP contribution in [-0.2, 0) is 5.41 Å². The first-order chi connectivity index (χ1) is 6.82. The monoisotopic (exact) mass is 398 g/mol. The van der Waals surface area contributed by atoms with Crippen LogP contribution in [0.25, 0.3) is 5.03 Å². The van der Waals surface area contributed by atoms with Gasteiger partial charge < -0.3 is 0 Å². The van der Waals surface area contributed by atoms with Gasteiger partial charge in [-0.2, -0.15) is 0 Å². The summed E-state index contributed by atoms with van der Waals surface area (Å²) in [5, 5.41) is 0.760. The van der Waals surface area contributed by atoms with Gasteiger partial charge in [0.05, 0.1) is 7.52 Å². The van der Waals surface area contributed by atoms with Crippen LogP contribution in [0.2, 0.25) is 0 Å². The molecule has 1 rings (SSSR count). The van der Waals surface area contributed by atoms with Crippen molar-refractivity contribution in [2.24, 2.45) is 0 Å². The summed E-state index contributed by atoms with van der Waals surface area (Å²) >= 11 is 11.7. The Morgan fingerprint density at radius 2 is 1.67 bits per heavy atom. The zero-order valence-corrected chi connectivity index (χ0v) is 13.4. The van der Waals surface area contributed by atoms with Gasteiger partial charge >= 0.3 is 0 Å². The van der Waals surface area contributed by atoms with Gasteiger partial charge in [0.2, 0.25) is 0 Å². The fourth-order valence-corrected chi connectivity index (χ4v) is 1.89. The van der Waals surface area contributed by atoms with Crippen LogP contribution in [0.4, 0.5) is 0 Å². The van der Waals surface area contributed by atoms with E-state index in [0.29, 0.717) is 0 Å². The summed E-state index contributed by atoms with van der Waals surface area (Å²) in [4.78, 5) is 0. The molecule has 0 aliphatic heterocycles. The van der Waals surface area contributed by atoms with Crippen LogP contribution in [0.3, 0.4) is 0 Å². The lowest BCUT2D eigenvalue weighted by atomic mass is 9.87. The van der Waals surface area contributed by atoms with Crippen molar-refractivity contribution in [1.82, 2.24) is 0 Å². The quantitative estimate of drug-likeness (QED) is 0.533. The van der Waals surface area contributed by atoms with Gasteiger partial charge in [-0.05, 0) is 55.1 Å². The molecule has 15 heavy (non-hydrogen) atoms. The fraction of sp³-hybridized carbons (Fsp3) is 0.333. The molecule has 0 aliphatic rings. The Balaban J connectivity index is 3.07. The SMILES string of the molecule is CC(C)(C)c1ccc(/C(Cl)=C(/Br)I)cc1. The Kier molecular flexibility index (Phi) is 4.68. The van der Waals surface area contributed by atoms with E-state index >= 15 is 0 Å². The molecule has 0 saturated heterocycles. The van der Waals surface area contributed by atoms with Gasteiger partial charge in [0, 0.05) is 0 Å². The molecule has 0 saturated carbocycles. The van der Waals surface area contributed by atoms with Gasteiger partial charge in [-0.1, -0.05) is 56.6 Å². The molecule has 82 valence electrons. The van der Waals surface area contributed by atoms with Gasteiger partial charge in [0.25, 0.3) is 0 Å². The van der Waals surface area contributed by atoms with Gasteiger partial charge in [0.15, 0.2) is 0 Å². The molecule has 0 nitrogen and oxygen atoms in total. The smallest absolute Gasteiger partial charge is 0.0751 e. The van der Waals surface area contributed by atoms with Crippen molar-refractivity contribution in [3.8, 4) is 0 Å². The van der Waals surface area contributed by atoms with E-state index < -0.39 is 0 Å². The van der Waals surface area contributed by atoms with E-state index in [-0.39, 0.29) is 5.41 Å². The second-order valence-corrected chi connectivity index (χ2v) is 8.13. The first-order valence-electron chi connectivity index (χ1n) is 4.64. The fourth-order valence-electron chi connectivity index (χ4n) is 1.23. The molecule has 1 aromatic rings.